The zero-order valence-corrected chi connectivity index (χ0v) is 17.8. The second kappa shape index (κ2) is 9.18. The summed E-state index contributed by atoms with van der Waals surface area (Å²) < 4.78 is 6.21. The van der Waals surface area contributed by atoms with Gasteiger partial charge in [-0.3, -0.25) is 4.79 Å². The van der Waals surface area contributed by atoms with Crippen LogP contribution < -0.4 is 4.74 Å². The topological polar surface area (TPSA) is 55.3 Å². The molecule has 0 atom stereocenters. The largest absolute Gasteiger partial charge is 0.473 e. The van der Waals surface area contributed by atoms with Gasteiger partial charge in [-0.2, -0.15) is 5.10 Å². The van der Waals surface area contributed by atoms with Gasteiger partial charge in [0.1, 0.15) is 6.10 Å². The normalized spacial score (nSPS) is 14.6. The molecule has 160 valence electrons. The van der Waals surface area contributed by atoms with E-state index in [1.807, 2.05) is 89.8 Å². The van der Waals surface area contributed by atoms with Gasteiger partial charge in [-0.1, -0.05) is 78.9 Å². The molecule has 1 aliphatic rings. The summed E-state index contributed by atoms with van der Waals surface area (Å²) in [5.74, 6) is 0.420. The monoisotopic (exact) mass is 423 g/mol. The maximum Gasteiger partial charge on any atom is 0.241 e. The number of amides is 1. The molecule has 2 heterocycles. The van der Waals surface area contributed by atoms with Gasteiger partial charge in [-0.15, -0.1) is 5.10 Å². The fraction of sp³-hybridized carbons (Fsp3) is 0.222. The summed E-state index contributed by atoms with van der Waals surface area (Å²) >= 11 is 0. The van der Waals surface area contributed by atoms with Gasteiger partial charge >= 0.3 is 0 Å². The molecule has 0 saturated carbocycles. The van der Waals surface area contributed by atoms with Crippen LogP contribution in [-0.4, -0.2) is 40.2 Å². The first-order chi connectivity index (χ1) is 15.8. The van der Waals surface area contributed by atoms with Crippen LogP contribution in [0.2, 0.25) is 0 Å². The molecule has 1 fully saturated rings. The molecule has 32 heavy (non-hydrogen) atoms. The Balaban J connectivity index is 1.30. The second-order valence-electron chi connectivity index (χ2n) is 8.13. The number of ether oxygens (including phenoxy) is 1. The van der Waals surface area contributed by atoms with E-state index in [1.165, 1.54) is 0 Å². The van der Waals surface area contributed by atoms with Crippen LogP contribution >= 0.6 is 0 Å². The Kier molecular flexibility index (Phi) is 5.79. The van der Waals surface area contributed by atoms with Crippen molar-refractivity contribution >= 4 is 16.7 Å². The van der Waals surface area contributed by atoms with Crippen LogP contribution in [0.4, 0.5) is 0 Å². The number of likely N-dealkylation sites (tertiary alicyclic amines) is 1. The summed E-state index contributed by atoms with van der Waals surface area (Å²) in [5, 5.41) is 10.3. The molecule has 0 radical (unpaired) electrons. The van der Waals surface area contributed by atoms with Crippen LogP contribution in [0.1, 0.15) is 29.9 Å². The molecule has 5 nitrogen and oxygen atoms in total. The average molecular weight is 424 g/mol. The fourth-order valence-corrected chi connectivity index (χ4v) is 4.39. The molecule has 1 amide bonds. The number of benzene rings is 3. The SMILES string of the molecule is O=C(C(c1ccccc1)c1ccccc1)N1CCC(Oc2nncc3ccccc23)CC1. The molecular weight excluding hydrogens is 398 g/mol. The van der Waals surface area contributed by atoms with Crippen molar-refractivity contribution in [1.82, 2.24) is 15.1 Å². The van der Waals surface area contributed by atoms with Crippen molar-refractivity contribution in [2.45, 2.75) is 24.9 Å². The van der Waals surface area contributed by atoms with Gasteiger partial charge in [-0.25, -0.2) is 0 Å². The number of carbonyl (C=O) groups excluding carboxylic acids is 1. The summed E-state index contributed by atoms with van der Waals surface area (Å²) in [6.45, 7) is 1.33. The minimum absolute atomic E-state index is 0.0195. The van der Waals surface area contributed by atoms with E-state index in [0.717, 1.165) is 34.7 Å². The van der Waals surface area contributed by atoms with Gasteiger partial charge < -0.3 is 9.64 Å². The molecule has 5 heteroatoms. The van der Waals surface area contributed by atoms with Crippen molar-refractivity contribution in [3.63, 3.8) is 0 Å². The predicted octanol–water partition coefficient (Wildman–Crippen LogP) is 4.83. The third kappa shape index (κ3) is 4.19. The summed E-state index contributed by atoms with van der Waals surface area (Å²) in [6, 6.07) is 28.0. The maximum absolute atomic E-state index is 13.6. The molecule has 1 saturated heterocycles. The Morgan fingerprint density at radius 1 is 0.844 bits per heavy atom. The van der Waals surface area contributed by atoms with Crippen LogP contribution in [0.15, 0.2) is 91.1 Å². The third-order valence-electron chi connectivity index (χ3n) is 6.08. The van der Waals surface area contributed by atoms with Crippen LogP contribution in [0.3, 0.4) is 0 Å². The minimum atomic E-state index is -0.293. The zero-order valence-electron chi connectivity index (χ0n) is 17.8. The van der Waals surface area contributed by atoms with E-state index in [4.69, 9.17) is 4.74 Å². The summed E-state index contributed by atoms with van der Waals surface area (Å²) in [7, 11) is 0. The second-order valence-corrected chi connectivity index (χ2v) is 8.13. The molecule has 0 unspecified atom stereocenters. The predicted molar refractivity (Wildman–Crippen MR) is 124 cm³/mol. The van der Waals surface area contributed by atoms with Crippen LogP contribution in [0, 0.1) is 0 Å². The lowest BCUT2D eigenvalue weighted by atomic mass is 9.89. The highest BCUT2D eigenvalue weighted by atomic mass is 16.5. The van der Waals surface area contributed by atoms with Gasteiger partial charge in [0.15, 0.2) is 0 Å². The highest BCUT2D eigenvalue weighted by Crippen LogP contribution is 2.29. The van der Waals surface area contributed by atoms with E-state index >= 15 is 0 Å². The summed E-state index contributed by atoms with van der Waals surface area (Å²) in [6.07, 6.45) is 3.31. The molecule has 5 rings (SSSR count). The molecule has 0 spiro atoms. The van der Waals surface area contributed by atoms with Gasteiger partial charge in [0, 0.05) is 36.7 Å². The smallest absolute Gasteiger partial charge is 0.241 e. The number of nitrogens with zero attached hydrogens (tertiary/aromatic N) is 3. The molecule has 0 bridgehead atoms. The molecule has 0 aliphatic carbocycles. The number of aromatic nitrogens is 2. The molecule has 3 aromatic carbocycles. The maximum atomic E-state index is 13.6. The minimum Gasteiger partial charge on any atom is -0.473 e. The van der Waals surface area contributed by atoms with Crippen molar-refractivity contribution in [3.05, 3.63) is 102 Å². The van der Waals surface area contributed by atoms with E-state index in [2.05, 4.69) is 10.2 Å². The first-order valence-electron chi connectivity index (χ1n) is 11.1. The lowest BCUT2D eigenvalue weighted by Gasteiger charge is -2.34. The Morgan fingerprint density at radius 2 is 1.44 bits per heavy atom. The van der Waals surface area contributed by atoms with Crippen molar-refractivity contribution in [2.24, 2.45) is 0 Å². The summed E-state index contributed by atoms with van der Waals surface area (Å²) in [4.78, 5) is 15.6. The molecule has 1 aromatic heterocycles. The van der Waals surface area contributed by atoms with Gasteiger partial charge in [0.2, 0.25) is 11.8 Å². The Labute approximate surface area is 187 Å². The van der Waals surface area contributed by atoms with E-state index in [-0.39, 0.29) is 17.9 Å². The first-order valence-corrected chi connectivity index (χ1v) is 11.1. The Hall–Kier alpha value is -3.73. The number of fused-ring (bicyclic) bond motifs is 1. The van der Waals surface area contributed by atoms with Gasteiger partial charge in [0.25, 0.3) is 0 Å². The van der Waals surface area contributed by atoms with Crippen molar-refractivity contribution in [1.29, 1.82) is 0 Å². The molecule has 1 aliphatic heterocycles. The Morgan fingerprint density at radius 3 is 2.09 bits per heavy atom. The average Bonchev–Trinajstić information content (AvgIpc) is 2.86. The highest BCUT2D eigenvalue weighted by molar-refractivity contribution is 5.87. The molecule has 4 aromatic rings. The number of carbonyl (C=O) groups is 1. The van der Waals surface area contributed by atoms with E-state index < -0.39 is 0 Å². The zero-order chi connectivity index (χ0) is 21.8. The lowest BCUT2D eigenvalue weighted by molar-refractivity contribution is -0.133. The van der Waals surface area contributed by atoms with Crippen LogP contribution in [0.5, 0.6) is 5.88 Å². The number of hydrogen-bond donors (Lipinski definition) is 0. The van der Waals surface area contributed by atoms with Crippen molar-refractivity contribution < 1.29 is 9.53 Å². The summed E-state index contributed by atoms with van der Waals surface area (Å²) in [5.41, 5.74) is 2.04. The number of piperidine rings is 1. The van der Waals surface area contributed by atoms with Crippen molar-refractivity contribution in [2.75, 3.05) is 13.1 Å². The van der Waals surface area contributed by atoms with E-state index in [1.54, 1.807) is 6.20 Å². The van der Waals surface area contributed by atoms with Crippen LogP contribution in [0.25, 0.3) is 10.8 Å². The number of hydrogen-bond acceptors (Lipinski definition) is 4. The lowest BCUT2D eigenvalue weighted by Crippen LogP contribution is -2.44. The van der Waals surface area contributed by atoms with Gasteiger partial charge in [-0.05, 0) is 17.2 Å². The van der Waals surface area contributed by atoms with Crippen molar-refractivity contribution in [3.8, 4) is 5.88 Å². The Bertz CT molecular complexity index is 1140. The highest BCUT2D eigenvalue weighted by Gasteiger charge is 2.31. The first kappa shape index (κ1) is 20.2. The van der Waals surface area contributed by atoms with Crippen LogP contribution in [-0.2, 0) is 4.79 Å². The third-order valence-corrected chi connectivity index (χ3v) is 6.08. The molecule has 0 N–H and O–H groups in total. The molecular formula is C27H25N3O2. The van der Waals surface area contributed by atoms with E-state index in [0.29, 0.717) is 19.0 Å². The fourth-order valence-electron chi connectivity index (χ4n) is 4.39. The quantitative estimate of drug-likeness (QED) is 0.461. The van der Waals surface area contributed by atoms with Gasteiger partial charge in [0.05, 0.1) is 12.1 Å². The van der Waals surface area contributed by atoms with E-state index in [9.17, 15) is 4.79 Å². The number of rotatable bonds is 5. The standard InChI is InChI=1S/C27H25N3O2/c31-27(25(20-9-3-1-4-10-20)21-11-5-2-6-12-21)30-17-15-23(16-18-30)32-26-24-14-8-7-13-22(24)19-28-29-26/h1-14,19,23,25H,15-18H2.